The summed E-state index contributed by atoms with van der Waals surface area (Å²) < 4.78 is 5.70. The van der Waals surface area contributed by atoms with Crippen molar-refractivity contribution in [3.63, 3.8) is 0 Å². The predicted molar refractivity (Wildman–Crippen MR) is 64.1 cm³/mol. The molecule has 0 amide bonds. The summed E-state index contributed by atoms with van der Waals surface area (Å²) in [5.74, 6) is 0. The summed E-state index contributed by atoms with van der Waals surface area (Å²) in [6.45, 7) is 9.70. The van der Waals surface area contributed by atoms with Crippen LogP contribution in [0.1, 0.15) is 33.6 Å². The van der Waals surface area contributed by atoms with Crippen LogP contribution in [-0.4, -0.2) is 38.9 Å². The quantitative estimate of drug-likeness (QED) is 0.628. The molecule has 0 heterocycles. The molecule has 0 aromatic rings. The summed E-state index contributed by atoms with van der Waals surface area (Å²) in [6.07, 6.45) is 2.81. The molecule has 1 fully saturated rings. The van der Waals surface area contributed by atoms with Crippen LogP contribution in [0.15, 0.2) is 0 Å². The van der Waals surface area contributed by atoms with Gasteiger partial charge in [0.15, 0.2) is 0 Å². The van der Waals surface area contributed by atoms with E-state index in [1.165, 1.54) is 12.8 Å². The Balaban J connectivity index is 2.17. The second-order valence-electron chi connectivity index (χ2n) is 4.96. The van der Waals surface area contributed by atoms with Crippen LogP contribution in [0.25, 0.3) is 0 Å². The second kappa shape index (κ2) is 5.83. The van der Waals surface area contributed by atoms with Gasteiger partial charge in [0.1, 0.15) is 0 Å². The van der Waals surface area contributed by atoms with E-state index < -0.39 is 0 Å². The Morgan fingerprint density at radius 1 is 1.33 bits per heavy atom. The average molecular weight is 214 g/mol. The van der Waals surface area contributed by atoms with E-state index in [0.717, 1.165) is 19.7 Å². The maximum atomic E-state index is 5.70. The molecule has 1 saturated carbocycles. The average Bonchev–Trinajstić information content (AvgIpc) is 2.21. The third-order valence-corrected chi connectivity index (χ3v) is 3.54. The first-order chi connectivity index (χ1) is 7.12. The molecular formula is C12H26N2O. The van der Waals surface area contributed by atoms with E-state index in [0.29, 0.717) is 17.6 Å². The summed E-state index contributed by atoms with van der Waals surface area (Å²) in [7, 11) is 2.00. The molecule has 15 heavy (non-hydrogen) atoms. The molecule has 3 nitrogen and oxygen atoms in total. The molecule has 3 heteroatoms. The van der Waals surface area contributed by atoms with Gasteiger partial charge in [-0.1, -0.05) is 13.8 Å². The Labute approximate surface area is 94.0 Å². The topological polar surface area (TPSA) is 33.3 Å². The summed E-state index contributed by atoms with van der Waals surface area (Å²) in [4.78, 5) is 0. The fourth-order valence-electron chi connectivity index (χ4n) is 2.26. The number of nitrogens with one attached hydrogen (secondary N) is 2. The van der Waals surface area contributed by atoms with E-state index in [4.69, 9.17) is 4.74 Å². The molecule has 0 saturated heterocycles. The lowest BCUT2D eigenvalue weighted by Crippen LogP contribution is -2.61. The zero-order valence-corrected chi connectivity index (χ0v) is 10.6. The number of ether oxygens (including phenoxy) is 1. The third-order valence-electron chi connectivity index (χ3n) is 3.54. The number of rotatable bonds is 7. The lowest BCUT2D eigenvalue weighted by atomic mass is 9.64. The molecule has 0 aromatic carbocycles. The van der Waals surface area contributed by atoms with Gasteiger partial charge in [0.2, 0.25) is 0 Å². The minimum atomic E-state index is 0.301. The highest BCUT2D eigenvalue weighted by molar-refractivity contribution is 5.02. The highest BCUT2D eigenvalue weighted by Crippen LogP contribution is 2.42. The van der Waals surface area contributed by atoms with Crippen molar-refractivity contribution in [3.05, 3.63) is 0 Å². The Hall–Kier alpha value is -0.120. The molecule has 0 bridgehead atoms. The van der Waals surface area contributed by atoms with Crippen molar-refractivity contribution in [2.24, 2.45) is 5.41 Å². The molecule has 2 unspecified atom stereocenters. The summed E-state index contributed by atoms with van der Waals surface area (Å²) in [5, 5.41) is 6.78. The Morgan fingerprint density at radius 2 is 2.07 bits per heavy atom. The molecule has 0 radical (unpaired) electrons. The van der Waals surface area contributed by atoms with Gasteiger partial charge in [-0.2, -0.15) is 0 Å². The minimum absolute atomic E-state index is 0.301. The van der Waals surface area contributed by atoms with Crippen molar-refractivity contribution in [1.82, 2.24) is 10.6 Å². The zero-order chi connectivity index (χ0) is 11.3. The molecule has 1 aliphatic carbocycles. The van der Waals surface area contributed by atoms with Crippen molar-refractivity contribution in [3.8, 4) is 0 Å². The maximum absolute atomic E-state index is 5.70. The molecule has 0 aliphatic heterocycles. The summed E-state index contributed by atoms with van der Waals surface area (Å²) in [5.41, 5.74) is 0.301. The first-order valence-corrected chi connectivity index (χ1v) is 6.12. The highest BCUT2D eigenvalue weighted by atomic mass is 16.5. The first kappa shape index (κ1) is 12.9. The molecule has 2 atom stereocenters. The molecular weight excluding hydrogens is 188 g/mol. The van der Waals surface area contributed by atoms with Crippen LogP contribution in [0, 0.1) is 5.41 Å². The lowest BCUT2D eigenvalue weighted by molar-refractivity contribution is -0.113. The van der Waals surface area contributed by atoms with Crippen LogP contribution in [0.4, 0.5) is 0 Å². The maximum Gasteiger partial charge on any atom is 0.0655 e. The molecule has 1 aliphatic rings. The van der Waals surface area contributed by atoms with Gasteiger partial charge in [0.05, 0.1) is 6.10 Å². The van der Waals surface area contributed by atoms with E-state index in [9.17, 15) is 0 Å². The number of hydrogen-bond donors (Lipinski definition) is 2. The van der Waals surface area contributed by atoms with Crippen LogP contribution in [0.3, 0.4) is 0 Å². The third kappa shape index (κ3) is 3.16. The fourth-order valence-corrected chi connectivity index (χ4v) is 2.26. The van der Waals surface area contributed by atoms with Gasteiger partial charge < -0.3 is 15.4 Å². The molecule has 0 spiro atoms. The van der Waals surface area contributed by atoms with Gasteiger partial charge in [-0.3, -0.25) is 0 Å². The van der Waals surface area contributed by atoms with E-state index in [-0.39, 0.29) is 0 Å². The van der Waals surface area contributed by atoms with E-state index in [1.54, 1.807) is 0 Å². The summed E-state index contributed by atoms with van der Waals surface area (Å²) in [6, 6.07) is 0.630. The van der Waals surface area contributed by atoms with Gasteiger partial charge >= 0.3 is 0 Å². The second-order valence-corrected chi connectivity index (χ2v) is 4.96. The Bertz CT molecular complexity index is 182. The van der Waals surface area contributed by atoms with Crippen molar-refractivity contribution in [2.45, 2.75) is 45.8 Å². The molecule has 0 aromatic heterocycles. The van der Waals surface area contributed by atoms with Gasteiger partial charge in [0, 0.05) is 18.1 Å². The predicted octanol–water partition coefficient (Wildman–Crippen LogP) is 1.39. The fraction of sp³-hybridized carbons (Fsp3) is 1.00. The SMILES string of the molecule is CCOC1CC(NCCCNC)C1(C)C. The molecule has 90 valence electrons. The van der Waals surface area contributed by atoms with E-state index >= 15 is 0 Å². The summed E-state index contributed by atoms with van der Waals surface area (Å²) >= 11 is 0. The Kier molecular flexibility index (Phi) is 5.03. The van der Waals surface area contributed by atoms with Crippen LogP contribution in [0.5, 0.6) is 0 Å². The van der Waals surface area contributed by atoms with Gasteiger partial charge in [-0.05, 0) is 39.9 Å². The zero-order valence-electron chi connectivity index (χ0n) is 10.6. The van der Waals surface area contributed by atoms with Gasteiger partial charge in [-0.25, -0.2) is 0 Å². The largest absolute Gasteiger partial charge is 0.378 e. The van der Waals surface area contributed by atoms with Crippen molar-refractivity contribution in [1.29, 1.82) is 0 Å². The standard InChI is InChI=1S/C12H26N2O/c1-5-15-11-9-10(12(11,2)3)14-8-6-7-13-4/h10-11,13-14H,5-9H2,1-4H3. The highest BCUT2D eigenvalue weighted by Gasteiger charge is 2.48. The van der Waals surface area contributed by atoms with Crippen molar-refractivity contribution < 1.29 is 4.74 Å². The van der Waals surface area contributed by atoms with Crippen molar-refractivity contribution >= 4 is 0 Å². The molecule has 2 N–H and O–H groups in total. The van der Waals surface area contributed by atoms with Crippen LogP contribution >= 0.6 is 0 Å². The first-order valence-electron chi connectivity index (χ1n) is 6.12. The number of hydrogen-bond acceptors (Lipinski definition) is 3. The van der Waals surface area contributed by atoms with Crippen LogP contribution in [0.2, 0.25) is 0 Å². The normalized spacial score (nSPS) is 28.8. The van der Waals surface area contributed by atoms with Crippen LogP contribution < -0.4 is 10.6 Å². The van der Waals surface area contributed by atoms with Gasteiger partial charge in [-0.15, -0.1) is 0 Å². The van der Waals surface area contributed by atoms with Crippen LogP contribution in [-0.2, 0) is 4.74 Å². The minimum Gasteiger partial charge on any atom is -0.378 e. The van der Waals surface area contributed by atoms with E-state index in [1.807, 2.05) is 7.05 Å². The van der Waals surface area contributed by atoms with Crippen molar-refractivity contribution in [2.75, 3.05) is 26.7 Å². The molecule has 1 rings (SSSR count). The van der Waals surface area contributed by atoms with Gasteiger partial charge in [0.25, 0.3) is 0 Å². The lowest BCUT2D eigenvalue weighted by Gasteiger charge is -2.52. The monoisotopic (exact) mass is 214 g/mol. The smallest absolute Gasteiger partial charge is 0.0655 e. The van der Waals surface area contributed by atoms with E-state index in [2.05, 4.69) is 31.4 Å². The Morgan fingerprint density at radius 3 is 2.60 bits per heavy atom.